The Hall–Kier alpha value is -2.31. The van der Waals surface area contributed by atoms with E-state index in [1.165, 1.54) is 6.92 Å². The molecule has 1 unspecified atom stereocenters. The van der Waals surface area contributed by atoms with E-state index in [4.69, 9.17) is 4.74 Å². The lowest BCUT2D eigenvalue weighted by Gasteiger charge is -2.35. The number of hydrogen-bond acceptors (Lipinski definition) is 6. The molecule has 2 aromatic carbocycles. The first-order valence-corrected chi connectivity index (χ1v) is 10.1. The number of Topliss-reactive ketones (excluding diaryl/α,β-unsaturated/α-hetero) is 1. The van der Waals surface area contributed by atoms with Crippen molar-refractivity contribution in [3.63, 3.8) is 0 Å². The van der Waals surface area contributed by atoms with Crippen LogP contribution in [-0.2, 0) is 4.79 Å². The summed E-state index contributed by atoms with van der Waals surface area (Å²) in [6.07, 6.45) is 0. The molecule has 0 spiro atoms. The number of benzene rings is 2. The molecule has 3 rings (SSSR count). The van der Waals surface area contributed by atoms with Crippen molar-refractivity contribution in [2.45, 2.75) is 30.6 Å². The quantitative estimate of drug-likeness (QED) is 0.402. The van der Waals surface area contributed by atoms with E-state index in [0.717, 1.165) is 34.3 Å². The number of carbonyl (C=O) groups excluding carboxylic acids is 2. The fourth-order valence-electron chi connectivity index (χ4n) is 3.50. The highest BCUT2D eigenvalue weighted by Crippen LogP contribution is 2.49. The Bertz CT molecular complexity index is 911. The van der Waals surface area contributed by atoms with E-state index >= 15 is 0 Å². The molecule has 148 valence electrons. The summed E-state index contributed by atoms with van der Waals surface area (Å²) in [5.74, 6) is 0.700. The van der Waals surface area contributed by atoms with Crippen molar-refractivity contribution in [2.24, 2.45) is 5.92 Å². The molecule has 0 N–H and O–H groups in total. The zero-order valence-electron chi connectivity index (χ0n) is 17.0. The third-order valence-electron chi connectivity index (χ3n) is 4.53. The van der Waals surface area contributed by atoms with Gasteiger partial charge < -0.3 is 14.5 Å². The summed E-state index contributed by atoms with van der Waals surface area (Å²) in [5.41, 5.74) is 2.83. The molecule has 0 bridgehead atoms. The molecular formula is C22H26N2O3S. The Balaban J connectivity index is 2.03. The highest BCUT2D eigenvalue weighted by atomic mass is 32.2. The lowest BCUT2D eigenvalue weighted by molar-refractivity contribution is -0.131. The summed E-state index contributed by atoms with van der Waals surface area (Å²) < 4.78 is 5.27. The van der Waals surface area contributed by atoms with Gasteiger partial charge >= 0.3 is 5.97 Å². The highest BCUT2D eigenvalue weighted by Gasteiger charge is 2.26. The van der Waals surface area contributed by atoms with Crippen molar-refractivity contribution < 1.29 is 14.3 Å². The number of nitrogens with zero attached hydrogens (tertiary/aromatic N) is 2. The molecule has 0 saturated heterocycles. The minimum absolute atomic E-state index is 0.0603. The van der Waals surface area contributed by atoms with Gasteiger partial charge in [-0.05, 0) is 57.3 Å². The molecule has 5 nitrogen and oxygen atoms in total. The molecule has 1 heterocycles. The Morgan fingerprint density at radius 3 is 2.46 bits per heavy atom. The molecule has 1 aliphatic heterocycles. The lowest BCUT2D eigenvalue weighted by Crippen LogP contribution is -2.31. The van der Waals surface area contributed by atoms with Crippen LogP contribution in [0.25, 0.3) is 0 Å². The van der Waals surface area contributed by atoms with Gasteiger partial charge in [-0.25, -0.2) is 0 Å². The number of carbonyl (C=O) groups is 2. The third-order valence-corrected chi connectivity index (χ3v) is 5.64. The molecule has 0 amide bonds. The van der Waals surface area contributed by atoms with E-state index in [1.54, 1.807) is 18.7 Å². The van der Waals surface area contributed by atoms with Crippen LogP contribution in [0.4, 0.5) is 11.4 Å². The summed E-state index contributed by atoms with van der Waals surface area (Å²) >= 11 is 1.63. The Kier molecular flexibility index (Phi) is 6.10. The van der Waals surface area contributed by atoms with E-state index in [-0.39, 0.29) is 11.8 Å². The van der Waals surface area contributed by atoms with E-state index in [9.17, 15) is 9.59 Å². The van der Waals surface area contributed by atoms with Gasteiger partial charge in [0.15, 0.2) is 5.78 Å². The van der Waals surface area contributed by atoms with Gasteiger partial charge in [0.05, 0.1) is 11.4 Å². The maximum atomic E-state index is 11.9. The van der Waals surface area contributed by atoms with Gasteiger partial charge in [-0.1, -0.05) is 24.8 Å². The van der Waals surface area contributed by atoms with Crippen molar-refractivity contribution in [2.75, 3.05) is 32.1 Å². The number of esters is 1. The van der Waals surface area contributed by atoms with Crippen LogP contribution >= 0.6 is 11.8 Å². The van der Waals surface area contributed by atoms with Crippen LogP contribution in [0.3, 0.4) is 0 Å². The number of hydrogen-bond donors (Lipinski definition) is 0. The zero-order chi connectivity index (χ0) is 20.4. The molecule has 0 radical (unpaired) electrons. The van der Waals surface area contributed by atoms with Crippen molar-refractivity contribution in [1.82, 2.24) is 4.90 Å². The molecule has 1 aliphatic rings. The van der Waals surface area contributed by atoms with E-state index < -0.39 is 0 Å². The summed E-state index contributed by atoms with van der Waals surface area (Å²) in [6.45, 7) is 7.01. The Labute approximate surface area is 170 Å². The Morgan fingerprint density at radius 1 is 1.07 bits per heavy atom. The predicted octanol–water partition coefficient (Wildman–Crippen LogP) is 4.61. The molecule has 0 saturated carbocycles. The van der Waals surface area contributed by atoms with Gasteiger partial charge in [0.25, 0.3) is 0 Å². The minimum atomic E-state index is -0.330. The second-order valence-electron chi connectivity index (χ2n) is 7.54. The van der Waals surface area contributed by atoms with Crippen LogP contribution in [0.1, 0.15) is 31.1 Å². The maximum Gasteiger partial charge on any atom is 0.308 e. The monoisotopic (exact) mass is 398 g/mol. The van der Waals surface area contributed by atoms with Crippen LogP contribution in [0.2, 0.25) is 0 Å². The zero-order valence-corrected chi connectivity index (χ0v) is 17.8. The second-order valence-corrected chi connectivity index (χ2v) is 8.63. The maximum absolute atomic E-state index is 11.9. The second kappa shape index (κ2) is 8.37. The van der Waals surface area contributed by atoms with Crippen molar-refractivity contribution >= 4 is 34.9 Å². The van der Waals surface area contributed by atoms with Crippen LogP contribution < -0.4 is 9.64 Å². The van der Waals surface area contributed by atoms with Crippen molar-refractivity contribution in [1.29, 1.82) is 0 Å². The SMILES string of the molecule is CC(=O)Oc1ccc2c(c1)Sc1ccc(C(C)=O)cc1N2CC(C)CN(C)C. The summed E-state index contributed by atoms with van der Waals surface area (Å²) in [4.78, 5) is 29.8. The van der Waals surface area contributed by atoms with E-state index in [2.05, 4.69) is 30.8 Å². The summed E-state index contributed by atoms with van der Waals surface area (Å²) in [6, 6.07) is 11.6. The summed E-state index contributed by atoms with van der Waals surface area (Å²) in [5, 5.41) is 0. The molecule has 2 aromatic rings. The van der Waals surface area contributed by atoms with Gasteiger partial charge in [-0.3, -0.25) is 9.59 Å². The van der Waals surface area contributed by atoms with Gasteiger partial charge in [-0.15, -0.1) is 0 Å². The van der Waals surface area contributed by atoms with Crippen LogP contribution in [0, 0.1) is 5.92 Å². The number of anilines is 2. The molecule has 0 fully saturated rings. The van der Waals surface area contributed by atoms with Crippen molar-refractivity contribution in [3.8, 4) is 5.75 Å². The minimum Gasteiger partial charge on any atom is -0.427 e. The fourth-order valence-corrected chi connectivity index (χ4v) is 4.60. The highest BCUT2D eigenvalue weighted by molar-refractivity contribution is 7.99. The largest absolute Gasteiger partial charge is 0.427 e. The predicted molar refractivity (Wildman–Crippen MR) is 113 cm³/mol. The normalized spacial score (nSPS) is 13.7. The standard InChI is InChI=1S/C22H26N2O3S/c1-14(12-23(4)5)13-24-19-8-7-18(27-16(3)26)11-22(19)28-21-9-6-17(15(2)25)10-20(21)24/h6-11,14H,12-13H2,1-5H3. The van der Waals surface area contributed by atoms with Gasteiger partial charge in [-0.2, -0.15) is 0 Å². The topological polar surface area (TPSA) is 49.9 Å². The van der Waals surface area contributed by atoms with Gasteiger partial charge in [0, 0.05) is 35.4 Å². The molecule has 1 atom stereocenters. The van der Waals surface area contributed by atoms with Crippen LogP contribution in [0.15, 0.2) is 46.2 Å². The average Bonchev–Trinajstić information content (AvgIpc) is 2.59. The number of ketones is 1. The van der Waals surface area contributed by atoms with Gasteiger partial charge in [0.1, 0.15) is 5.75 Å². The molecule has 28 heavy (non-hydrogen) atoms. The first kappa shape index (κ1) is 20.4. The van der Waals surface area contributed by atoms with Crippen LogP contribution in [-0.4, -0.2) is 43.8 Å². The third kappa shape index (κ3) is 4.56. The molecular weight excluding hydrogens is 372 g/mol. The smallest absolute Gasteiger partial charge is 0.308 e. The fraction of sp³-hybridized carbons (Fsp3) is 0.364. The first-order valence-electron chi connectivity index (χ1n) is 9.32. The van der Waals surface area contributed by atoms with Crippen LogP contribution in [0.5, 0.6) is 5.75 Å². The summed E-state index contributed by atoms with van der Waals surface area (Å²) in [7, 11) is 4.15. The van der Waals surface area contributed by atoms with E-state index in [1.807, 2.05) is 36.4 Å². The molecule has 0 aromatic heterocycles. The molecule has 6 heteroatoms. The van der Waals surface area contributed by atoms with Crippen molar-refractivity contribution in [3.05, 3.63) is 42.0 Å². The number of ether oxygens (including phenoxy) is 1. The average molecular weight is 399 g/mol. The number of fused-ring (bicyclic) bond motifs is 2. The Morgan fingerprint density at radius 2 is 1.82 bits per heavy atom. The first-order chi connectivity index (χ1) is 13.2. The lowest BCUT2D eigenvalue weighted by atomic mass is 10.1. The molecule has 0 aliphatic carbocycles. The number of rotatable bonds is 6. The van der Waals surface area contributed by atoms with E-state index in [0.29, 0.717) is 17.2 Å². The van der Waals surface area contributed by atoms with Gasteiger partial charge in [0.2, 0.25) is 0 Å².